The van der Waals surface area contributed by atoms with Gasteiger partial charge in [0.2, 0.25) is 0 Å². The first-order valence-electron chi connectivity index (χ1n) is 9.31. The molecule has 27 heavy (non-hydrogen) atoms. The number of halogens is 1. The molecule has 0 atom stereocenters. The largest absolute Gasteiger partial charge is 0.371 e. The summed E-state index contributed by atoms with van der Waals surface area (Å²) < 4.78 is 2.30. The lowest BCUT2D eigenvalue weighted by Crippen LogP contribution is -2.35. The van der Waals surface area contributed by atoms with Gasteiger partial charge in [-0.15, -0.1) is 11.3 Å². The Labute approximate surface area is 176 Å². The van der Waals surface area contributed by atoms with Gasteiger partial charge in [0, 0.05) is 44.5 Å². The molecule has 2 aliphatic rings. The topological polar surface area (TPSA) is 45.2 Å². The molecular formula is C21H20IN3OS. The number of carbonyl (C=O) groups is 1. The molecule has 3 aromatic rings. The number of anilines is 2. The predicted octanol–water partition coefficient (Wildman–Crippen LogP) is 5.53. The minimum Gasteiger partial charge on any atom is -0.371 e. The highest BCUT2D eigenvalue weighted by molar-refractivity contribution is 14.1. The highest BCUT2D eigenvalue weighted by atomic mass is 127. The number of thiophene rings is 1. The van der Waals surface area contributed by atoms with Crippen LogP contribution >= 0.6 is 33.9 Å². The van der Waals surface area contributed by atoms with Crippen LogP contribution in [0.25, 0.3) is 10.1 Å². The standard InChI is InChI=1S/C21H20IN3OS/c22-14-1-2-15(18(11-14)25-9-6-21(4-5-21)7-10-25)20(26)24-17-13-27-19-3-8-23-12-16(17)19/h1-3,8,11-13H,4-7,9-10H2,(H,24,26). The van der Waals surface area contributed by atoms with Gasteiger partial charge in [-0.05, 0) is 78.0 Å². The van der Waals surface area contributed by atoms with Gasteiger partial charge in [-0.1, -0.05) is 0 Å². The highest BCUT2D eigenvalue weighted by Crippen LogP contribution is 2.54. The third-order valence-corrected chi connectivity index (χ3v) is 7.58. The summed E-state index contributed by atoms with van der Waals surface area (Å²) in [7, 11) is 0. The summed E-state index contributed by atoms with van der Waals surface area (Å²) in [5.41, 5.74) is 3.29. The van der Waals surface area contributed by atoms with Crippen molar-refractivity contribution < 1.29 is 4.79 Å². The van der Waals surface area contributed by atoms with Gasteiger partial charge in [-0.3, -0.25) is 9.78 Å². The number of pyridine rings is 1. The molecule has 1 aromatic carbocycles. The fraction of sp³-hybridized carbons (Fsp3) is 0.333. The van der Waals surface area contributed by atoms with E-state index in [0.717, 1.165) is 43.7 Å². The van der Waals surface area contributed by atoms with Gasteiger partial charge in [0.25, 0.3) is 5.91 Å². The molecule has 1 amide bonds. The fourth-order valence-electron chi connectivity index (χ4n) is 4.02. The lowest BCUT2D eigenvalue weighted by atomic mass is 9.93. The lowest BCUT2D eigenvalue weighted by molar-refractivity contribution is 0.102. The summed E-state index contributed by atoms with van der Waals surface area (Å²) in [5, 5.41) is 6.10. The van der Waals surface area contributed by atoms with Crippen molar-refractivity contribution in [3.05, 3.63) is 51.2 Å². The normalized spacial score (nSPS) is 18.0. The quantitative estimate of drug-likeness (QED) is 0.492. The maximum absolute atomic E-state index is 13.1. The number of rotatable bonds is 3. The van der Waals surface area contributed by atoms with Gasteiger partial charge in [0.05, 0.1) is 16.9 Å². The van der Waals surface area contributed by atoms with E-state index in [9.17, 15) is 4.79 Å². The van der Waals surface area contributed by atoms with Crippen LogP contribution in [-0.4, -0.2) is 24.0 Å². The van der Waals surface area contributed by atoms with Crippen LogP contribution < -0.4 is 10.2 Å². The molecule has 1 spiro atoms. The number of aromatic nitrogens is 1. The van der Waals surface area contributed by atoms with Gasteiger partial charge >= 0.3 is 0 Å². The molecular weight excluding hydrogens is 469 g/mol. The van der Waals surface area contributed by atoms with E-state index in [2.05, 4.69) is 43.9 Å². The molecule has 1 aliphatic carbocycles. The van der Waals surface area contributed by atoms with Crippen molar-refractivity contribution in [2.45, 2.75) is 25.7 Å². The molecule has 1 aliphatic heterocycles. The SMILES string of the molecule is O=C(Nc1csc2ccncc12)c1ccc(I)cc1N1CCC2(CC1)CC2. The Bertz CT molecular complexity index is 1020. The second-order valence-electron chi connectivity index (χ2n) is 7.62. The lowest BCUT2D eigenvalue weighted by Gasteiger charge is -2.35. The number of nitrogens with one attached hydrogen (secondary N) is 1. The van der Waals surface area contributed by atoms with Gasteiger partial charge in [-0.2, -0.15) is 0 Å². The molecule has 0 bridgehead atoms. The zero-order chi connectivity index (χ0) is 18.4. The van der Waals surface area contributed by atoms with E-state index >= 15 is 0 Å². The van der Waals surface area contributed by atoms with Crippen molar-refractivity contribution in [3.8, 4) is 0 Å². The number of fused-ring (bicyclic) bond motifs is 1. The second-order valence-corrected chi connectivity index (χ2v) is 9.78. The zero-order valence-corrected chi connectivity index (χ0v) is 17.8. The molecule has 1 saturated heterocycles. The molecule has 2 aromatic heterocycles. The first-order valence-corrected chi connectivity index (χ1v) is 11.3. The number of hydrogen-bond donors (Lipinski definition) is 1. The van der Waals surface area contributed by atoms with E-state index in [0.29, 0.717) is 5.41 Å². The minimum atomic E-state index is -0.0448. The molecule has 0 radical (unpaired) electrons. The average molecular weight is 489 g/mol. The van der Waals surface area contributed by atoms with Crippen LogP contribution in [0.15, 0.2) is 42.0 Å². The molecule has 138 valence electrons. The molecule has 0 unspecified atom stereocenters. The van der Waals surface area contributed by atoms with Crippen molar-refractivity contribution in [3.63, 3.8) is 0 Å². The third kappa shape index (κ3) is 3.33. The van der Waals surface area contributed by atoms with Crippen molar-refractivity contribution in [2.24, 2.45) is 5.41 Å². The Morgan fingerprint density at radius 2 is 2.00 bits per heavy atom. The molecule has 3 heterocycles. The van der Waals surface area contributed by atoms with Gasteiger partial charge in [-0.25, -0.2) is 0 Å². The van der Waals surface area contributed by atoms with Crippen molar-refractivity contribution in [1.82, 2.24) is 4.98 Å². The van der Waals surface area contributed by atoms with E-state index in [1.54, 1.807) is 17.5 Å². The summed E-state index contributed by atoms with van der Waals surface area (Å²) in [4.78, 5) is 19.7. The summed E-state index contributed by atoms with van der Waals surface area (Å²) >= 11 is 3.96. The summed E-state index contributed by atoms with van der Waals surface area (Å²) in [6.45, 7) is 2.09. The predicted molar refractivity (Wildman–Crippen MR) is 120 cm³/mol. The van der Waals surface area contributed by atoms with Crippen LogP contribution in [0.3, 0.4) is 0 Å². The van der Waals surface area contributed by atoms with Gasteiger partial charge in [0.15, 0.2) is 0 Å². The van der Waals surface area contributed by atoms with E-state index < -0.39 is 0 Å². The zero-order valence-electron chi connectivity index (χ0n) is 14.9. The van der Waals surface area contributed by atoms with Crippen molar-refractivity contribution >= 4 is 61.3 Å². The highest BCUT2D eigenvalue weighted by Gasteiger charge is 2.44. The maximum Gasteiger partial charge on any atom is 0.257 e. The van der Waals surface area contributed by atoms with Crippen LogP contribution in [0.1, 0.15) is 36.0 Å². The van der Waals surface area contributed by atoms with Crippen LogP contribution in [0.2, 0.25) is 0 Å². The second kappa shape index (κ2) is 6.74. The smallest absolute Gasteiger partial charge is 0.257 e. The van der Waals surface area contributed by atoms with Crippen LogP contribution in [0.5, 0.6) is 0 Å². The van der Waals surface area contributed by atoms with Crippen molar-refractivity contribution in [1.29, 1.82) is 0 Å². The number of nitrogens with zero attached hydrogens (tertiary/aromatic N) is 2. The maximum atomic E-state index is 13.1. The molecule has 4 nitrogen and oxygen atoms in total. The Kier molecular flexibility index (Phi) is 4.35. The number of hydrogen-bond acceptors (Lipinski definition) is 4. The first-order chi connectivity index (χ1) is 13.1. The van der Waals surface area contributed by atoms with Crippen molar-refractivity contribution in [2.75, 3.05) is 23.3 Å². The summed E-state index contributed by atoms with van der Waals surface area (Å²) in [6.07, 6.45) is 8.88. The average Bonchev–Trinajstić information content (AvgIpc) is 3.32. The Morgan fingerprint density at radius 3 is 2.78 bits per heavy atom. The van der Waals surface area contributed by atoms with Crippen LogP contribution in [0.4, 0.5) is 11.4 Å². The fourth-order valence-corrected chi connectivity index (χ4v) is 5.35. The monoisotopic (exact) mass is 489 g/mol. The molecule has 1 saturated carbocycles. The Morgan fingerprint density at radius 1 is 1.19 bits per heavy atom. The van der Waals surface area contributed by atoms with E-state index in [1.165, 1.54) is 25.7 Å². The molecule has 2 fully saturated rings. The van der Waals surface area contributed by atoms with Crippen LogP contribution in [-0.2, 0) is 0 Å². The number of amides is 1. The minimum absolute atomic E-state index is 0.0448. The molecule has 6 heteroatoms. The first kappa shape index (κ1) is 17.4. The van der Waals surface area contributed by atoms with E-state index in [1.807, 2.05) is 29.8 Å². The van der Waals surface area contributed by atoms with Crippen LogP contribution in [0, 0.1) is 8.99 Å². The van der Waals surface area contributed by atoms with E-state index in [4.69, 9.17) is 0 Å². The van der Waals surface area contributed by atoms with E-state index in [-0.39, 0.29) is 5.91 Å². The Balaban J connectivity index is 1.43. The Hall–Kier alpha value is -1.67. The third-order valence-electron chi connectivity index (χ3n) is 5.95. The van der Waals surface area contributed by atoms with Gasteiger partial charge in [0.1, 0.15) is 0 Å². The number of carbonyl (C=O) groups excluding carboxylic acids is 1. The number of benzene rings is 1. The summed E-state index contributed by atoms with van der Waals surface area (Å²) in [5.74, 6) is -0.0448. The summed E-state index contributed by atoms with van der Waals surface area (Å²) in [6, 6.07) is 8.10. The molecule has 1 N–H and O–H groups in total. The molecule has 5 rings (SSSR count). The van der Waals surface area contributed by atoms with Gasteiger partial charge < -0.3 is 10.2 Å². The number of piperidine rings is 1.